The highest BCUT2D eigenvalue weighted by atomic mass is 19.1. The van der Waals surface area contributed by atoms with Gasteiger partial charge in [-0.15, -0.1) is 0 Å². The Labute approximate surface area is 107 Å². The molecule has 3 heteroatoms. The molecule has 0 aliphatic heterocycles. The SMILES string of the molecule is C=C=C(OC)c1c(C)cc(C(=C)OCC)cc1F. The molecule has 18 heavy (non-hydrogen) atoms. The largest absolute Gasteiger partial charge is 0.494 e. The van der Waals surface area contributed by atoms with E-state index in [1.807, 2.05) is 6.92 Å². The van der Waals surface area contributed by atoms with Crippen LogP contribution in [-0.4, -0.2) is 13.7 Å². The van der Waals surface area contributed by atoms with E-state index in [0.29, 0.717) is 29.3 Å². The summed E-state index contributed by atoms with van der Waals surface area (Å²) in [5, 5.41) is 0. The number of methoxy groups -OCH3 is 1. The monoisotopic (exact) mass is 248 g/mol. The van der Waals surface area contributed by atoms with Gasteiger partial charge in [-0.1, -0.05) is 18.9 Å². The van der Waals surface area contributed by atoms with E-state index < -0.39 is 5.82 Å². The molecular weight excluding hydrogens is 231 g/mol. The molecule has 1 aromatic carbocycles. The summed E-state index contributed by atoms with van der Waals surface area (Å²) in [6.45, 7) is 11.4. The molecule has 0 saturated heterocycles. The average Bonchev–Trinajstić information content (AvgIpc) is 2.33. The molecule has 0 saturated carbocycles. The van der Waals surface area contributed by atoms with E-state index in [1.54, 1.807) is 13.0 Å². The van der Waals surface area contributed by atoms with Gasteiger partial charge >= 0.3 is 0 Å². The number of benzene rings is 1. The molecule has 0 aliphatic carbocycles. The first-order valence-electron chi connectivity index (χ1n) is 5.61. The number of halogens is 1. The van der Waals surface area contributed by atoms with E-state index in [1.165, 1.54) is 13.2 Å². The Morgan fingerprint density at radius 2 is 2.11 bits per heavy atom. The molecule has 0 heterocycles. The Balaban J connectivity index is 3.29. The van der Waals surface area contributed by atoms with Crippen molar-refractivity contribution >= 4 is 11.5 Å². The average molecular weight is 248 g/mol. The Bertz CT molecular complexity index is 488. The minimum absolute atomic E-state index is 0.290. The fourth-order valence-corrected chi connectivity index (χ4v) is 1.71. The molecule has 1 aromatic rings. The van der Waals surface area contributed by atoms with Crippen molar-refractivity contribution in [1.29, 1.82) is 0 Å². The fraction of sp³-hybridized carbons (Fsp3) is 0.267. The lowest BCUT2D eigenvalue weighted by atomic mass is 10.0. The van der Waals surface area contributed by atoms with Gasteiger partial charge in [-0.3, -0.25) is 0 Å². The molecule has 1 rings (SSSR count). The zero-order chi connectivity index (χ0) is 13.7. The van der Waals surface area contributed by atoms with E-state index in [2.05, 4.69) is 18.9 Å². The van der Waals surface area contributed by atoms with Crippen LogP contribution < -0.4 is 0 Å². The highest BCUT2D eigenvalue weighted by molar-refractivity contribution is 5.67. The van der Waals surface area contributed by atoms with Crippen LogP contribution in [0.2, 0.25) is 0 Å². The zero-order valence-corrected chi connectivity index (χ0v) is 11.0. The molecule has 96 valence electrons. The van der Waals surface area contributed by atoms with Crippen LogP contribution in [0.3, 0.4) is 0 Å². The molecule has 2 nitrogen and oxygen atoms in total. The fourth-order valence-electron chi connectivity index (χ4n) is 1.71. The van der Waals surface area contributed by atoms with E-state index in [9.17, 15) is 4.39 Å². The Morgan fingerprint density at radius 3 is 2.56 bits per heavy atom. The number of hydrogen-bond acceptors (Lipinski definition) is 2. The van der Waals surface area contributed by atoms with Crippen LogP contribution in [0.5, 0.6) is 0 Å². The van der Waals surface area contributed by atoms with Crippen molar-refractivity contribution in [2.75, 3.05) is 13.7 Å². The normalized spacial score (nSPS) is 9.56. The summed E-state index contributed by atoms with van der Waals surface area (Å²) in [5.74, 6) is 0.338. The van der Waals surface area contributed by atoms with Crippen molar-refractivity contribution in [3.63, 3.8) is 0 Å². The van der Waals surface area contributed by atoms with Crippen molar-refractivity contribution < 1.29 is 13.9 Å². The van der Waals surface area contributed by atoms with Gasteiger partial charge in [-0.05, 0) is 31.5 Å². The van der Waals surface area contributed by atoms with Gasteiger partial charge < -0.3 is 9.47 Å². The second-order valence-corrected chi connectivity index (χ2v) is 3.72. The van der Waals surface area contributed by atoms with Crippen molar-refractivity contribution in [2.24, 2.45) is 0 Å². The third kappa shape index (κ3) is 2.82. The van der Waals surface area contributed by atoms with Gasteiger partial charge in [0, 0.05) is 5.56 Å². The molecular formula is C15H17FO2. The van der Waals surface area contributed by atoms with Gasteiger partial charge in [0.05, 0.1) is 19.3 Å². The van der Waals surface area contributed by atoms with E-state index in [4.69, 9.17) is 9.47 Å². The Kier molecular flexibility index (Phi) is 4.75. The third-order valence-corrected chi connectivity index (χ3v) is 2.52. The lowest BCUT2D eigenvalue weighted by Gasteiger charge is -2.13. The summed E-state index contributed by atoms with van der Waals surface area (Å²) in [6, 6.07) is 3.17. The van der Waals surface area contributed by atoms with Crippen LogP contribution >= 0.6 is 0 Å². The number of aryl methyl sites for hydroxylation is 1. The van der Waals surface area contributed by atoms with E-state index in [-0.39, 0.29) is 0 Å². The van der Waals surface area contributed by atoms with Crippen LogP contribution in [0.4, 0.5) is 4.39 Å². The second kappa shape index (κ2) is 6.08. The summed E-state index contributed by atoms with van der Waals surface area (Å²) in [5.41, 5.74) is 4.28. The van der Waals surface area contributed by atoms with Crippen LogP contribution in [0, 0.1) is 12.7 Å². The van der Waals surface area contributed by atoms with Crippen molar-refractivity contribution in [1.82, 2.24) is 0 Å². The molecule has 0 atom stereocenters. The molecule has 0 aromatic heterocycles. The second-order valence-electron chi connectivity index (χ2n) is 3.72. The minimum atomic E-state index is -0.404. The lowest BCUT2D eigenvalue weighted by molar-refractivity contribution is 0.299. The summed E-state index contributed by atoms with van der Waals surface area (Å²) in [7, 11) is 1.46. The highest BCUT2D eigenvalue weighted by Gasteiger charge is 2.14. The van der Waals surface area contributed by atoms with E-state index >= 15 is 0 Å². The van der Waals surface area contributed by atoms with Crippen LogP contribution in [0.25, 0.3) is 11.5 Å². The molecule has 0 spiro atoms. The Hall–Kier alpha value is -1.99. The molecule has 0 amide bonds. The summed E-state index contributed by atoms with van der Waals surface area (Å²) < 4.78 is 24.4. The van der Waals surface area contributed by atoms with E-state index in [0.717, 1.165) is 5.56 Å². The van der Waals surface area contributed by atoms with Crippen molar-refractivity contribution in [2.45, 2.75) is 13.8 Å². The molecule has 0 radical (unpaired) electrons. The highest BCUT2D eigenvalue weighted by Crippen LogP contribution is 2.26. The van der Waals surface area contributed by atoms with Gasteiger partial charge in [0.2, 0.25) is 0 Å². The van der Waals surface area contributed by atoms with Gasteiger partial charge in [-0.25, -0.2) is 4.39 Å². The van der Waals surface area contributed by atoms with Crippen LogP contribution in [-0.2, 0) is 9.47 Å². The van der Waals surface area contributed by atoms with Gasteiger partial charge in [0.15, 0.2) is 5.76 Å². The van der Waals surface area contributed by atoms with Gasteiger partial charge in [-0.2, -0.15) is 0 Å². The van der Waals surface area contributed by atoms with Crippen molar-refractivity contribution in [3.05, 3.63) is 53.5 Å². The maximum absolute atomic E-state index is 14.1. The maximum atomic E-state index is 14.1. The first kappa shape index (κ1) is 14.1. The molecule has 0 N–H and O–H groups in total. The molecule has 0 unspecified atom stereocenters. The number of ether oxygens (including phenoxy) is 2. The van der Waals surface area contributed by atoms with Crippen LogP contribution in [0.15, 0.2) is 31.0 Å². The van der Waals surface area contributed by atoms with Gasteiger partial charge in [0.1, 0.15) is 11.6 Å². The summed E-state index contributed by atoms with van der Waals surface area (Å²) in [4.78, 5) is 0. The standard InChI is InChI=1S/C15H17FO2/c1-6-14(17-5)15-10(3)8-12(9-13(15)16)11(4)18-7-2/h8-9H,1,4,7H2,2-3,5H3. The predicted octanol–water partition coefficient (Wildman–Crippen LogP) is 3.91. The number of rotatable bonds is 5. The molecule has 0 aliphatic rings. The quantitative estimate of drug-likeness (QED) is 0.581. The first-order chi connectivity index (χ1) is 8.54. The van der Waals surface area contributed by atoms with Gasteiger partial charge in [0.25, 0.3) is 0 Å². The maximum Gasteiger partial charge on any atom is 0.171 e. The molecule has 0 fully saturated rings. The van der Waals surface area contributed by atoms with Crippen molar-refractivity contribution in [3.8, 4) is 0 Å². The smallest absolute Gasteiger partial charge is 0.171 e. The summed E-state index contributed by atoms with van der Waals surface area (Å²) in [6.07, 6.45) is 0. The minimum Gasteiger partial charge on any atom is -0.494 e. The first-order valence-corrected chi connectivity index (χ1v) is 5.61. The summed E-state index contributed by atoms with van der Waals surface area (Å²) >= 11 is 0. The lowest BCUT2D eigenvalue weighted by Crippen LogP contribution is -1.99. The van der Waals surface area contributed by atoms with Crippen LogP contribution in [0.1, 0.15) is 23.6 Å². The predicted molar refractivity (Wildman–Crippen MR) is 71.4 cm³/mol. The topological polar surface area (TPSA) is 18.5 Å². The zero-order valence-electron chi connectivity index (χ0n) is 11.0. The number of hydrogen-bond donors (Lipinski definition) is 0. The third-order valence-electron chi connectivity index (χ3n) is 2.52. The Morgan fingerprint density at radius 1 is 1.44 bits per heavy atom. The molecule has 0 bridgehead atoms.